The Labute approximate surface area is 369 Å². The van der Waals surface area contributed by atoms with Crippen molar-refractivity contribution in [2.45, 2.75) is 155 Å². The largest absolute Gasteiger partial charge is 0.140 e. The first-order valence-corrected chi connectivity index (χ1v) is 25.7. The molecule has 60 heavy (non-hydrogen) atoms. The van der Waals surface area contributed by atoms with Gasteiger partial charge in [-0.2, -0.15) is 0 Å². The molecule has 0 radical (unpaired) electrons. The van der Waals surface area contributed by atoms with Crippen molar-refractivity contribution in [3.8, 4) is 20.9 Å². The van der Waals surface area contributed by atoms with Crippen LogP contribution in [0.15, 0.2) is 109 Å². The first kappa shape index (κ1) is 42.7. The Morgan fingerprint density at radius 1 is 0.283 bits per heavy atom. The van der Waals surface area contributed by atoms with Gasteiger partial charge in [0.1, 0.15) is 0 Å². The second-order valence-corrected chi connectivity index (χ2v) is 20.2. The van der Waals surface area contributed by atoms with Crippen LogP contribution in [0.5, 0.6) is 0 Å². The van der Waals surface area contributed by atoms with Crippen molar-refractivity contribution >= 4 is 76.5 Å². The molecule has 0 fully saturated rings. The van der Waals surface area contributed by atoms with Crippen LogP contribution in [0.1, 0.15) is 152 Å². The quantitative estimate of drug-likeness (QED) is 0.0323. The van der Waals surface area contributed by atoms with Crippen LogP contribution in [0.25, 0.3) is 74.7 Å². The zero-order chi connectivity index (χ0) is 40.9. The predicted octanol–water partition coefficient (Wildman–Crippen LogP) is 19.8. The number of benzene rings is 6. The maximum absolute atomic E-state index is 2.42. The average molecular weight is 829 g/mol. The smallest absolute Gasteiger partial charge is 0.0345 e. The molecule has 0 aliphatic heterocycles. The van der Waals surface area contributed by atoms with Gasteiger partial charge in [0.2, 0.25) is 0 Å². The standard InChI is InChI=1S/C58H68S2/c1-3-5-7-9-11-13-15-17-19-21-23-51-31-35-57(59-51)47-27-25-43-41-55-45(37-49(43)39-47)29-33-54-53(55)34-30-46-38-50-40-48(28-26-44(50)42-56(46)54)58-36-32-52(60-58)24-22-20-18-16-14-12-10-8-6-4-2/h25-42H,3-24H2,1-2H3. The molecule has 0 nitrogen and oxygen atoms in total. The van der Waals surface area contributed by atoms with Gasteiger partial charge in [-0.05, 0) is 151 Å². The highest BCUT2D eigenvalue weighted by Gasteiger charge is 2.11. The van der Waals surface area contributed by atoms with Crippen LogP contribution in [0.2, 0.25) is 0 Å². The van der Waals surface area contributed by atoms with Gasteiger partial charge in [0.15, 0.2) is 0 Å². The Hall–Kier alpha value is -3.98. The summed E-state index contributed by atoms with van der Waals surface area (Å²) in [5.41, 5.74) is 2.68. The number of hydrogen-bond acceptors (Lipinski definition) is 2. The monoisotopic (exact) mass is 828 g/mol. The molecule has 0 atom stereocenters. The van der Waals surface area contributed by atoms with Crippen LogP contribution >= 0.6 is 22.7 Å². The number of hydrogen-bond donors (Lipinski definition) is 0. The molecular weight excluding hydrogens is 761 g/mol. The molecule has 8 rings (SSSR count). The van der Waals surface area contributed by atoms with Gasteiger partial charge in [-0.25, -0.2) is 0 Å². The average Bonchev–Trinajstić information content (AvgIpc) is 3.96. The second-order valence-electron chi connectivity index (χ2n) is 17.9. The highest BCUT2D eigenvalue weighted by Crippen LogP contribution is 2.38. The molecule has 0 amide bonds. The summed E-state index contributed by atoms with van der Waals surface area (Å²) in [6, 6.07) is 42.7. The van der Waals surface area contributed by atoms with Gasteiger partial charge in [0.25, 0.3) is 0 Å². The Kier molecular flexibility index (Phi) is 15.4. The second kappa shape index (κ2) is 21.7. The molecule has 0 aliphatic carbocycles. The van der Waals surface area contributed by atoms with E-state index in [1.807, 2.05) is 22.7 Å². The lowest BCUT2D eigenvalue weighted by molar-refractivity contribution is 0.557. The third-order valence-corrected chi connectivity index (χ3v) is 15.6. The van der Waals surface area contributed by atoms with Crippen LogP contribution in [-0.2, 0) is 12.8 Å². The lowest BCUT2D eigenvalue weighted by Gasteiger charge is -2.11. The molecular formula is C58H68S2. The van der Waals surface area contributed by atoms with Crippen LogP contribution in [0, 0.1) is 0 Å². The highest BCUT2D eigenvalue weighted by molar-refractivity contribution is 7.15. The van der Waals surface area contributed by atoms with E-state index in [2.05, 4.69) is 123 Å². The summed E-state index contributed by atoms with van der Waals surface area (Å²) >= 11 is 3.98. The van der Waals surface area contributed by atoms with E-state index in [4.69, 9.17) is 0 Å². The lowest BCUT2D eigenvalue weighted by atomic mass is 9.93. The van der Waals surface area contributed by atoms with E-state index >= 15 is 0 Å². The summed E-state index contributed by atoms with van der Waals surface area (Å²) in [4.78, 5) is 5.84. The van der Waals surface area contributed by atoms with E-state index in [1.165, 1.54) is 226 Å². The number of fused-ring (bicyclic) bond motifs is 7. The van der Waals surface area contributed by atoms with Gasteiger partial charge in [0.05, 0.1) is 0 Å². The fourth-order valence-electron chi connectivity index (χ4n) is 9.58. The van der Waals surface area contributed by atoms with Gasteiger partial charge >= 0.3 is 0 Å². The zero-order valence-electron chi connectivity index (χ0n) is 36.8. The molecule has 6 aromatic carbocycles. The van der Waals surface area contributed by atoms with Crippen molar-refractivity contribution < 1.29 is 0 Å². The van der Waals surface area contributed by atoms with Crippen molar-refractivity contribution in [3.05, 3.63) is 119 Å². The zero-order valence-corrected chi connectivity index (χ0v) is 38.4. The Morgan fingerprint density at radius 3 is 1.05 bits per heavy atom. The van der Waals surface area contributed by atoms with E-state index in [0.29, 0.717) is 0 Å². The molecule has 2 heterocycles. The molecule has 0 saturated carbocycles. The van der Waals surface area contributed by atoms with Crippen LogP contribution in [-0.4, -0.2) is 0 Å². The molecule has 2 heteroatoms. The maximum Gasteiger partial charge on any atom is 0.0345 e. The van der Waals surface area contributed by atoms with E-state index < -0.39 is 0 Å². The fourth-order valence-corrected chi connectivity index (χ4v) is 11.7. The van der Waals surface area contributed by atoms with Crippen LogP contribution < -0.4 is 0 Å². The van der Waals surface area contributed by atoms with Crippen LogP contribution in [0.3, 0.4) is 0 Å². The van der Waals surface area contributed by atoms with Gasteiger partial charge in [0, 0.05) is 19.5 Å². The van der Waals surface area contributed by atoms with Gasteiger partial charge < -0.3 is 0 Å². The molecule has 0 unspecified atom stereocenters. The van der Waals surface area contributed by atoms with Crippen molar-refractivity contribution in [1.29, 1.82) is 0 Å². The minimum atomic E-state index is 1.22. The Bertz CT molecular complexity index is 2420. The molecule has 8 aromatic rings. The van der Waals surface area contributed by atoms with E-state index in [0.717, 1.165) is 0 Å². The van der Waals surface area contributed by atoms with Crippen molar-refractivity contribution in [2.24, 2.45) is 0 Å². The summed E-state index contributed by atoms with van der Waals surface area (Å²) < 4.78 is 0. The maximum atomic E-state index is 2.42. The molecule has 312 valence electrons. The Balaban J connectivity index is 0.901. The molecule has 0 aliphatic rings. The number of aryl methyl sites for hydroxylation is 2. The third kappa shape index (κ3) is 10.9. The minimum absolute atomic E-state index is 1.22. The van der Waals surface area contributed by atoms with Gasteiger partial charge in [-0.1, -0.05) is 178 Å². The summed E-state index contributed by atoms with van der Waals surface area (Å²) in [6.45, 7) is 4.60. The first-order chi connectivity index (χ1) is 29.7. The first-order valence-electron chi connectivity index (χ1n) is 24.1. The molecule has 0 spiro atoms. The number of unbranched alkanes of at least 4 members (excludes halogenated alkanes) is 18. The topological polar surface area (TPSA) is 0 Å². The lowest BCUT2D eigenvalue weighted by Crippen LogP contribution is -1.84. The molecule has 0 N–H and O–H groups in total. The molecule has 2 aromatic heterocycles. The Morgan fingerprint density at radius 2 is 0.650 bits per heavy atom. The molecule has 0 saturated heterocycles. The van der Waals surface area contributed by atoms with E-state index in [9.17, 15) is 0 Å². The summed E-state index contributed by atoms with van der Waals surface area (Å²) in [6.07, 6.45) is 30.3. The van der Waals surface area contributed by atoms with Gasteiger partial charge in [-0.3, -0.25) is 0 Å². The van der Waals surface area contributed by atoms with E-state index in [1.54, 1.807) is 0 Å². The van der Waals surface area contributed by atoms with E-state index in [-0.39, 0.29) is 0 Å². The number of thiophene rings is 2. The highest BCUT2D eigenvalue weighted by atomic mass is 32.1. The normalized spacial score (nSPS) is 12.0. The predicted molar refractivity (Wildman–Crippen MR) is 272 cm³/mol. The summed E-state index contributed by atoms with van der Waals surface area (Å²) in [5, 5.41) is 13.3. The van der Waals surface area contributed by atoms with Gasteiger partial charge in [-0.15, -0.1) is 22.7 Å². The van der Waals surface area contributed by atoms with Crippen molar-refractivity contribution in [3.63, 3.8) is 0 Å². The number of rotatable bonds is 24. The SMILES string of the molecule is CCCCCCCCCCCCc1ccc(-c2ccc3cc4c(ccc5c6cc7ccc(-c8ccc(CCCCCCCCCCCC)s8)cc7cc6ccc45)cc3c2)s1. The summed E-state index contributed by atoms with van der Waals surface area (Å²) in [7, 11) is 0. The minimum Gasteiger partial charge on any atom is -0.140 e. The van der Waals surface area contributed by atoms with Crippen molar-refractivity contribution in [2.75, 3.05) is 0 Å². The van der Waals surface area contributed by atoms with Crippen molar-refractivity contribution in [1.82, 2.24) is 0 Å². The third-order valence-electron chi connectivity index (χ3n) is 13.2. The summed E-state index contributed by atoms with van der Waals surface area (Å²) in [5.74, 6) is 0. The fraction of sp³-hybridized carbons (Fsp3) is 0.414. The van der Waals surface area contributed by atoms with Crippen LogP contribution in [0.4, 0.5) is 0 Å². The molecule has 0 bridgehead atoms.